The third kappa shape index (κ3) is 4.66. The summed E-state index contributed by atoms with van der Waals surface area (Å²) in [5.41, 5.74) is 1.92. The summed E-state index contributed by atoms with van der Waals surface area (Å²) >= 11 is 6.15. The van der Waals surface area contributed by atoms with Gasteiger partial charge >= 0.3 is 0 Å². The molecule has 0 saturated carbocycles. The molecular formula is C27H36ClN5O2. The summed E-state index contributed by atoms with van der Waals surface area (Å²) in [5.74, 6) is 1.04. The van der Waals surface area contributed by atoms with Crippen molar-refractivity contribution in [3.05, 3.63) is 52.4 Å². The van der Waals surface area contributed by atoms with Gasteiger partial charge < -0.3 is 20.2 Å². The Bertz CT molecular complexity index is 1100. The van der Waals surface area contributed by atoms with Crippen LogP contribution in [0, 0.1) is 0 Å². The Morgan fingerprint density at radius 1 is 1.14 bits per heavy atom. The van der Waals surface area contributed by atoms with Crippen molar-refractivity contribution >= 4 is 23.3 Å². The number of carbonyl (C=O) groups is 1. The number of hydrogen-bond acceptors (Lipinski definition) is 6. The molecule has 1 aromatic heterocycles. The SMILES string of the molecule is C[C@@H]1C[C@@](C)(O)c2ncnc(N3CCN(C(=O)[C@@H](c4ccc(Cl)cc4)[C@@H]4CCC(C)(C)N4)CC3)c21. The molecule has 2 aliphatic heterocycles. The number of rotatable bonds is 4. The number of benzene rings is 1. The molecule has 2 saturated heterocycles. The lowest BCUT2D eigenvalue weighted by molar-refractivity contribution is -0.133. The molecule has 35 heavy (non-hydrogen) atoms. The van der Waals surface area contributed by atoms with Gasteiger partial charge in [0.2, 0.25) is 5.91 Å². The summed E-state index contributed by atoms with van der Waals surface area (Å²) < 4.78 is 0. The van der Waals surface area contributed by atoms with E-state index in [1.807, 2.05) is 36.1 Å². The number of carbonyl (C=O) groups excluding carboxylic acids is 1. The molecule has 0 radical (unpaired) electrons. The van der Waals surface area contributed by atoms with Crippen LogP contribution in [0.1, 0.15) is 75.6 Å². The molecule has 2 N–H and O–H groups in total. The predicted octanol–water partition coefficient (Wildman–Crippen LogP) is 3.81. The zero-order chi connectivity index (χ0) is 25.0. The second-order valence-corrected chi connectivity index (χ2v) is 11.8. The summed E-state index contributed by atoms with van der Waals surface area (Å²) in [5, 5.41) is 15.2. The molecule has 1 aliphatic carbocycles. The fraction of sp³-hybridized carbons (Fsp3) is 0.593. The number of nitrogens with one attached hydrogen (secondary N) is 1. The Kier molecular flexibility index (Phi) is 6.31. The molecule has 3 heterocycles. The molecular weight excluding hydrogens is 462 g/mol. The fourth-order valence-corrected chi connectivity index (χ4v) is 6.41. The zero-order valence-electron chi connectivity index (χ0n) is 21.1. The van der Waals surface area contributed by atoms with Gasteiger partial charge in [0.15, 0.2) is 0 Å². The highest BCUT2D eigenvalue weighted by Crippen LogP contribution is 2.46. The van der Waals surface area contributed by atoms with E-state index in [1.165, 1.54) is 0 Å². The van der Waals surface area contributed by atoms with Crippen LogP contribution in [0.15, 0.2) is 30.6 Å². The van der Waals surface area contributed by atoms with Gasteiger partial charge in [-0.1, -0.05) is 30.7 Å². The molecule has 2 fully saturated rings. The van der Waals surface area contributed by atoms with Crippen molar-refractivity contribution in [2.24, 2.45) is 0 Å². The van der Waals surface area contributed by atoms with Crippen LogP contribution in [0.5, 0.6) is 0 Å². The summed E-state index contributed by atoms with van der Waals surface area (Å²) in [6.45, 7) is 11.1. The highest BCUT2D eigenvalue weighted by atomic mass is 35.5. The lowest BCUT2D eigenvalue weighted by atomic mass is 9.88. The standard InChI is InChI=1S/C27H36ClN5O2/c1-17-15-27(4,35)23-21(17)24(30-16-29-23)32-11-13-33(14-12-32)25(34)22(18-5-7-19(28)8-6-18)20-9-10-26(2,3)31-20/h5-8,16-17,20,22,31,35H,9-15H2,1-4H3/t17-,20+,22+,27-/m1/s1. The number of anilines is 1. The summed E-state index contributed by atoms with van der Waals surface area (Å²) in [4.78, 5) is 27.2. The molecule has 7 nitrogen and oxygen atoms in total. The minimum Gasteiger partial charge on any atom is -0.384 e. The molecule has 5 rings (SSSR count). The van der Waals surface area contributed by atoms with Crippen molar-refractivity contribution in [2.45, 2.75) is 76.0 Å². The van der Waals surface area contributed by atoms with Crippen molar-refractivity contribution in [3.8, 4) is 0 Å². The largest absolute Gasteiger partial charge is 0.384 e. The molecule has 8 heteroatoms. The molecule has 0 spiro atoms. The highest BCUT2D eigenvalue weighted by molar-refractivity contribution is 6.30. The third-order valence-electron chi connectivity index (χ3n) is 8.01. The van der Waals surface area contributed by atoms with Gasteiger partial charge in [0.05, 0.1) is 11.6 Å². The normalized spacial score (nSPS) is 28.7. The van der Waals surface area contributed by atoms with Crippen molar-refractivity contribution in [2.75, 3.05) is 31.1 Å². The number of aliphatic hydroxyl groups is 1. The van der Waals surface area contributed by atoms with E-state index in [-0.39, 0.29) is 29.3 Å². The Labute approximate surface area is 212 Å². The van der Waals surface area contributed by atoms with Crippen molar-refractivity contribution in [1.82, 2.24) is 20.2 Å². The first-order valence-corrected chi connectivity index (χ1v) is 13.1. The first-order chi connectivity index (χ1) is 16.6. The lowest BCUT2D eigenvalue weighted by Gasteiger charge is -2.39. The number of fused-ring (bicyclic) bond motifs is 1. The van der Waals surface area contributed by atoms with Gasteiger partial charge in [-0.15, -0.1) is 0 Å². The number of nitrogens with zero attached hydrogens (tertiary/aromatic N) is 4. The minimum atomic E-state index is -0.919. The molecule has 2 aromatic rings. The molecule has 0 unspecified atom stereocenters. The van der Waals surface area contributed by atoms with Gasteiger partial charge in [-0.25, -0.2) is 9.97 Å². The minimum absolute atomic E-state index is 0.0274. The monoisotopic (exact) mass is 497 g/mol. The number of piperazine rings is 1. The van der Waals surface area contributed by atoms with Gasteiger partial charge in [0, 0.05) is 48.3 Å². The van der Waals surface area contributed by atoms with Gasteiger partial charge in [-0.3, -0.25) is 4.79 Å². The molecule has 4 atom stereocenters. The van der Waals surface area contributed by atoms with E-state index < -0.39 is 5.60 Å². The quantitative estimate of drug-likeness (QED) is 0.668. The van der Waals surface area contributed by atoms with E-state index in [2.05, 4.69) is 41.0 Å². The second-order valence-electron chi connectivity index (χ2n) is 11.4. The van der Waals surface area contributed by atoms with E-state index in [4.69, 9.17) is 11.6 Å². The molecule has 1 amide bonds. The number of amides is 1. The van der Waals surface area contributed by atoms with Crippen LogP contribution in [0.4, 0.5) is 5.82 Å². The maximum atomic E-state index is 13.9. The van der Waals surface area contributed by atoms with Crippen LogP contribution in [-0.2, 0) is 10.4 Å². The first kappa shape index (κ1) is 24.5. The Morgan fingerprint density at radius 3 is 2.46 bits per heavy atom. The molecule has 1 aromatic carbocycles. The Balaban J connectivity index is 1.34. The summed E-state index contributed by atoms with van der Waals surface area (Å²) in [7, 11) is 0. The maximum Gasteiger partial charge on any atom is 0.231 e. The van der Waals surface area contributed by atoms with Gasteiger partial charge in [-0.2, -0.15) is 0 Å². The zero-order valence-corrected chi connectivity index (χ0v) is 21.8. The van der Waals surface area contributed by atoms with Crippen LogP contribution < -0.4 is 10.2 Å². The molecule has 0 bridgehead atoms. The Morgan fingerprint density at radius 2 is 1.83 bits per heavy atom. The Hall–Kier alpha value is -2.22. The second kappa shape index (κ2) is 9.02. The van der Waals surface area contributed by atoms with E-state index in [0.717, 1.165) is 35.5 Å². The number of aromatic nitrogens is 2. The number of hydrogen-bond donors (Lipinski definition) is 2. The van der Waals surface area contributed by atoms with Crippen molar-refractivity contribution in [1.29, 1.82) is 0 Å². The van der Waals surface area contributed by atoms with Gasteiger partial charge in [0.25, 0.3) is 0 Å². The van der Waals surface area contributed by atoms with E-state index in [9.17, 15) is 9.90 Å². The van der Waals surface area contributed by atoms with Crippen molar-refractivity contribution < 1.29 is 9.90 Å². The maximum absolute atomic E-state index is 13.9. The fourth-order valence-electron chi connectivity index (χ4n) is 6.28. The molecule has 188 valence electrons. The predicted molar refractivity (Wildman–Crippen MR) is 138 cm³/mol. The average Bonchev–Trinajstić information content (AvgIpc) is 3.30. The smallest absolute Gasteiger partial charge is 0.231 e. The van der Waals surface area contributed by atoms with Gasteiger partial charge in [0.1, 0.15) is 17.7 Å². The first-order valence-electron chi connectivity index (χ1n) is 12.7. The van der Waals surface area contributed by atoms with E-state index >= 15 is 0 Å². The van der Waals surface area contributed by atoms with Crippen LogP contribution >= 0.6 is 11.6 Å². The van der Waals surface area contributed by atoms with Crippen LogP contribution in [0.2, 0.25) is 5.02 Å². The molecule has 3 aliphatic rings. The van der Waals surface area contributed by atoms with Crippen LogP contribution in [0.3, 0.4) is 0 Å². The number of halogens is 1. The van der Waals surface area contributed by atoms with Crippen molar-refractivity contribution in [3.63, 3.8) is 0 Å². The summed E-state index contributed by atoms with van der Waals surface area (Å²) in [6, 6.07) is 7.84. The third-order valence-corrected chi connectivity index (χ3v) is 8.27. The van der Waals surface area contributed by atoms with Crippen LogP contribution in [-0.4, -0.2) is 63.6 Å². The lowest BCUT2D eigenvalue weighted by Crippen LogP contribution is -2.53. The van der Waals surface area contributed by atoms with E-state index in [0.29, 0.717) is 37.6 Å². The van der Waals surface area contributed by atoms with Crippen LogP contribution in [0.25, 0.3) is 0 Å². The van der Waals surface area contributed by atoms with E-state index in [1.54, 1.807) is 6.33 Å². The summed E-state index contributed by atoms with van der Waals surface area (Å²) in [6.07, 6.45) is 4.22. The highest BCUT2D eigenvalue weighted by Gasteiger charge is 2.43. The topological polar surface area (TPSA) is 81.6 Å². The average molecular weight is 498 g/mol. The van der Waals surface area contributed by atoms with Gasteiger partial charge in [-0.05, 0) is 63.6 Å².